The van der Waals surface area contributed by atoms with Gasteiger partial charge in [0.15, 0.2) is 0 Å². The summed E-state index contributed by atoms with van der Waals surface area (Å²) < 4.78 is 10.5. The molecule has 0 unspecified atom stereocenters. The zero-order valence-corrected chi connectivity index (χ0v) is 14.2. The van der Waals surface area contributed by atoms with Gasteiger partial charge in [-0.2, -0.15) is 0 Å². The zero-order valence-electron chi connectivity index (χ0n) is 14.2. The Kier molecular flexibility index (Phi) is 4.88. The van der Waals surface area contributed by atoms with Crippen molar-refractivity contribution in [2.75, 3.05) is 23.4 Å². The van der Waals surface area contributed by atoms with E-state index in [-0.39, 0.29) is 12.0 Å². The average Bonchev–Trinajstić information content (AvgIpc) is 3.02. The molecule has 1 heterocycles. The second kappa shape index (κ2) is 7.25. The largest absolute Gasteiger partial charge is 0.491 e. The van der Waals surface area contributed by atoms with Crippen LogP contribution in [0.4, 0.5) is 16.2 Å². The van der Waals surface area contributed by atoms with Crippen LogP contribution in [-0.4, -0.2) is 31.3 Å². The number of amides is 2. The van der Waals surface area contributed by atoms with Crippen molar-refractivity contribution in [1.82, 2.24) is 0 Å². The minimum Gasteiger partial charge on any atom is -0.491 e. The number of anilines is 2. The third-order valence-corrected chi connectivity index (χ3v) is 3.66. The number of cyclic esters (lactones) is 1. The summed E-state index contributed by atoms with van der Waals surface area (Å²) in [4.78, 5) is 25.6. The van der Waals surface area contributed by atoms with Gasteiger partial charge in [-0.05, 0) is 56.3 Å². The molecule has 1 N–H and O–H groups in total. The number of carbonyl (C=O) groups is 2. The van der Waals surface area contributed by atoms with Crippen LogP contribution >= 0.6 is 0 Å². The van der Waals surface area contributed by atoms with Gasteiger partial charge >= 0.3 is 6.09 Å². The number of benzene rings is 2. The van der Waals surface area contributed by atoms with Crippen LogP contribution in [0.15, 0.2) is 48.5 Å². The van der Waals surface area contributed by atoms with E-state index in [0.717, 1.165) is 5.75 Å². The summed E-state index contributed by atoms with van der Waals surface area (Å²) in [6, 6.07) is 14.1. The van der Waals surface area contributed by atoms with Gasteiger partial charge in [0.05, 0.1) is 12.6 Å². The van der Waals surface area contributed by atoms with Crippen LogP contribution < -0.4 is 15.0 Å². The molecule has 2 aromatic carbocycles. The van der Waals surface area contributed by atoms with Gasteiger partial charge in [-0.25, -0.2) is 4.79 Å². The van der Waals surface area contributed by atoms with Gasteiger partial charge < -0.3 is 14.8 Å². The number of rotatable bonds is 5. The van der Waals surface area contributed by atoms with E-state index in [1.165, 1.54) is 4.90 Å². The minimum absolute atomic E-state index is 0.0976. The van der Waals surface area contributed by atoms with E-state index < -0.39 is 6.09 Å². The lowest BCUT2D eigenvalue weighted by Crippen LogP contribution is -2.23. The molecule has 1 fully saturated rings. The molecule has 25 heavy (non-hydrogen) atoms. The summed E-state index contributed by atoms with van der Waals surface area (Å²) >= 11 is 0. The Bertz CT molecular complexity index is 771. The number of nitrogens with zero attached hydrogens (tertiary/aromatic N) is 1. The predicted molar refractivity (Wildman–Crippen MR) is 95.3 cm³/mol. The molecule has 1 aliphatic rings. The Morgan fingerprint density at radius 1 is 1.20 bits per heavy atom. The topological polar surface area (TPSA) is 67.9 Å². The molecule has 0 bridgehead atoms. The number of nitrogens with one attached hydrogen (secondary N) is 1. The Morgan fingerprint density at radius 2 is 1.96 bits per heavy atom. The average molecular weight is 340 g/mol. The molecule has 1 saturated heterocycles. The van der Waals surface area contributed by atoms with Crippen LogP contribution in [0.1, 0.15) is 24.2 Å². The SMILES string of the molecule is CC(C)Oc1ccc(NC(=O)c2cccc(N3CCOC3=O)c2)cc1. The fourth-order valence-electron chi connectivity index (χ4n) is 2.54. The molecule has 130 valence electrons. The fraction of sp³-hybridized carbons (Fsp3) is 0.263. The Hall–Kier alpha value is -3.02. The number of ether oxygens (including phenoxy) is 2. The van der Waals surface area contributed by atoms with Gasteiger partial charge in [-0.3, -0.25) is 9.69 Å². The Balaban J connectivity index is 1.70. The number of carbonyl (C=O) groups excluding carboxylic acids is 2. The third kappa shape index (κ3) is 4.09. The normalized spacial score (nSPS) is 13.7. The Labute approximate surface area is 146 Å². The van der Waals surface area contributed by atoms with Gasteiger partial charge in [0, 0.05) is 16.9 Å². The lowest BCUT2D eigenvalue weighted by atomic mass is 10.1. The molecular formula is C19H20N2O4. The van der Waals surface area contributed by atoms with Gasteiger partial charge in [0.25, 0.3) is 5.91 Å². The molecule has 0 aliphatic carbocycles. The van der Waals surface area contributed by atoms with Gasteiger partial charge in [-0.1, -0.05) is 6.07 Å². The lowest BCUT2D eigenvalue weighted by molar-refractivity contribution is 0.102. The van der Waals surface area contributed by atoms with Gasteiger partial charge in [-0.15, -0.1) is 0 Å². The van der Waals surface area contributed by atoms with Crippen LogP contribution in [0.3, 0.4) is 0 Å². The monoisotopic (exact) mass is 340 g/mol. The number of hydrogen-bond acceptors (Lipinski definition) is 4. The maximum atomic E-state index is 12.4. The Morgan fingerprint density at radius 3 is 2.60 bits per heavy atom. The summed E-state index contributed by atoms with van der Waals surface area (Å²) in [5.41, 5.74) is 1.79. The fourth-order valence-corrected chi connectivity index (χ4v) is 2.54. The molecule has 0 saturated carbocycles. The molecule has 0 aromatic heterocycles. The zero-order chi connectivity index (χ0) is 17.8. The highest BCUT2D eigenvalue weighted by Crippen LogP contribution is 2.21. The van der Waals surface area contributed by atoms with E-state index in [4.69, 9.17) is 9.47 Å². The second-order valence-electron chi connectivity index (χ2n) is 5.96. The van der Waals surface area contributed by atoms with E-state index in [0.29, 0.717) is 30.1 Å². The van der Waals surface area contributed by atoms with Crippen molar-refractivity contribution >= 4 is 23.4 Å². The van der Waals surface area contributed by atoms with Crippen LogP contribution in [0, 0.1) is 0 Å². The molecule has 3 rings (SSSR count). The van der Waals surface area contributed by atoms with Crippen molar-refractivity contribution in [2.45, 2.75) is 20.0 Å². The molecule has 1 aliphatic heterocycles. The summed E-state index contributed by atoms with van der Waals surface area (Å²) in [7, 11) is 0. The molecule has 6 heteroatoms. The molecule has 2 aromatic rings. The molecule has 0 radical (unpaired) electrons. The van der Waals surface area contributed by atoms with E-state index in [2.05, 4.69) is 5.32 Å². The van der Waals surface area contributed by atoms with Crippen molar-refractivity contribution in [2.24, 2.45) is 0 Å². The first-order valence-corrected chi connectivity index (χ1v) is 8.15. The van der Waals surface area contributed by atoms with Crippen LogP contribution in [0.2, 0.25) is 0 Å². The van der Waals surface area contributed by atoms with Crippen LogP contribution in [0.25, 0.3) is 0 Å². The van der Waals surface area contributed by atoms with E-state index in [1.54, 1.807) is 36.4 Å². The van der Waals surface area contributed by atoms with Crippen molar-refractivity contribution in [3.63, 3.8) is 0 Å². The summed E-state index contributed by atoms with van der Waals surface area (Å²) in [6.07, 6.45) is -0.293. The van der Waals surface area contributed by atoms with Crippen molar-refractivity contribution in [3.8, 4) is 5.75 Å². The summed E-state index contributed by atoms with van der Waals surface area (Å²) in [6.45, 7) is 4.76. The highest BCUT2D eigenvalue weighted by atomic mass is 16.6. The summed E-state index contributed by atoms with van der Waals surface area (Å²) in [5.74, 6) is 0.509. The van der Waals surface area contributed by atoms with Gasteiger partial charge in [0.1, 0.15) is 12.4 Å². The maximum absolute atomic E-state index is 12.4. The first-order chi connectivity index (χ1) is 12.0. The first-order valence-electron chi connectivity index (χ1n) is 8.15. The first kappa shape index (κ1) is 16.8. The van der Waals surface area contributed by atoms with E-state index in [1.807, 2.05) is 26.0 Å². The third-order valence-electron chi connectivity index (χ3n) is 3.66. The maximum Gasteiger partial charge on any atom is 0.414 e. The highest BCUT2D eigenvalue weighted by Gasteiger charge is 2.24. The molecule has 0 atom stereocenters. The quantitative estimate of drug-likeness (QED) is 0.901. The summed E-state index contributed by atoms with van der Waals surface area (Å²) in [5, 5.41) is 2.84. The van der Waals surface area contributed by atoms with Crippen molar-refractivity contribution < 1.29 is 19.1 Å². The van der Waals surface area contributed by atoms with Gasteiger partial charge in [0.2, 0.25) is 0 Å². The molecular weight excluding hydrogens is 320 g/mol. The number of hydrogen-bond donors (Lipinski definition) is 1. The van der Waals surface area contributed by atoms with E-state index >= 15 is 0 Å². The van der Waals surface area contributed by atoms with E-state index in [9.17, 15) is 9.59 Å². The minimum atomic E-state index is -0.390. The predicted octanol–water partition coefficient (Wildman–Crippen LogP) is 3.68. The highest BCUT2D eigenvalue weighted by molar-refractivity contribution is 6.05. The molecule has 0 spiro atoms. The van der Waals surface area contributed by atoms with Crippen LogP contribution in [-0.2, 0) is 4.74 Å². The standard InChI is InChI=1S/C19H20N2O4/c1-13(2)25-17-8-6-15(7-9-17)20-18(22)14-4-3-5-16(12-14)21-10-11-24-19(21)23/h3-9,12-13H,10-11H2,1-2H3,(H,20,22). The molecule has 2 amide bonds. The van der Waals surface area contributed by atoms with Crippen molar-refractivity contribution in [1.29, 1.82) is 0 Å². The lowest BCUT2D eigenvalue weighted by Gasteiger charge is -2.14. The smallest absolute Gasteiger partial charge is 0.414 e. The van der Waals surface area contributed by atoms with Crippen molar-refractivity contribution in [3.05, 3.63) is 54.1 Å². The van der Waals surface area contributed by atoms with Crippen LogP contribution in [0.5, 0.6) is 5.75 Å². The second-order valence-corrected chi connectivity index (χ2v) is 5.96. The molecule has 6 nitrogen and oxygen atoms in total.